The predicted octanol–water partition coefficient (Wildman–Crippen LogP) is 0.981. The summed E-state index contributed by atoms with van der Waals surface area (Å²) in [5.74, 6) is -0.155. The van der Waals surface area contributed by atoms with Crippen molar-refractivity contribution in [3.05, 3.63) is 0 Å². The molecule has 1 saturated heterocycles. The molecule has 16 heavy (non-hydrogen) atoms. The zero-order valence-electron chi connectivity index (χ0n) is 10.6. The molecule has 1 N–H and O–H groups in total. The lowest BCUT2D eigenvalue weighted by atomic mass is 10.1. The lowest BCUT2D eigenvalue weighted by Gasteiger charge is -2.21. The van der Waals surface area contributed by atoms with E-state index in [4.69, 9.17) is 5.11 Å². The standard InChI is InChI=1S/C12H24N2O2/c1-10(12(15)16)4-6-13(2)8-11-5-7-14(3)9-11/h10-11H,4-9H2,1-3H3,(H,15,16). The zero-order chi connectivity index (χ0) is 12.1. The first-order valence-electron chi connectivity index (χ1n) is 6.09. The Hall–Kier alpha value is -0.610. The average Bonchev–Trinajstić information content (AvgIpc) is 2.60. The van der Waals surface area contributed by atoms with E-state index in [-0.39, 0.29) is 5.92 Å². The molecule has 0 saturated carbocycles. The maximum Gasteiger partial charge on any atom is 0.306 e. The van der Waals surface area contributed by atoms with Gasteiger partial charge in [0.05, 0.1) is 5.92 Å². The Bertz CT molecular complexity index is 233. The van der Waals surface area contributed by atoms with Gasteiger partial charge in [-0.15, -0.1) is 0 Å². The fourth-order valence-corrected chi connectivity index (χ4v) is 2.24. The van der Waals surface area contributed by atoms with E-state index in [9.17, 15) is 4.79 Å². The molecule has 0 aromatic carbocycles. The molecule has 1 fully saturated rings. The summed E-state index contributed by atoms with van der Waals surface area (Å²) in [6, 6.07) is 0. The number of carbonyl (C=O) groups is 1. The van der Waals surface area contributed by atoms with Crippen LogP contribution in [0.25, 0.3) is 0 Å². The molecule has 1 rings (SSSR count). The van der Waals surface area contributed by atoms with E-state index in [1.165, 1.54) is 19.5 Å². The Morgan fingerprint density at radius 2 is 2.31 bits per heavy atom. The molecule has 0 aromatic rings. The minimum atomic E-state index is -0.686. The Labute approximate surface area is 98.2 Å². The van der Waals surface area contributed by atoms with E-state index >= 15 is 0 Å². The molecule has 0 spiro atoms. The lowest BCUT2D eigenvalue weighted by molar-refractivity contribution is -0.141. The number of hydrogen-bond acceptors (Lipinski definition) is 3. The van der Waals surface area contributed by atoms with Gasteiger partial charge in [0.2, 0.25) is 0 Å². The van der Waals surface area contributed by atoms with Crippen LogP contribution in [0.15, 0.2) is 0 Å². The molecule has 2 atom stereocenters. The molecule has 1 aliphatic heterocycles. The van der Waals surface area contributed by atoms with Crippen LogP contribution in [0.2, 0.25) is 0 Å². The van der Waals surface area contributed by atoms with Crippen LogP contribution in [0.3, 0.4) is 0 Å². The molecule has 0 radical (unpaired) electrons. The second kappa shape index (κ2) is 6.21. The van der Waals surface area contributed by atoms with E-state index in [1.807, 2.05) is 0 Å². The molecule has 1 heterocycles. The van der Waals surface area contributed by atoms with Gasteiger partial charge in [-0.2, -0.15) is 0 Å². The van der Waals surface area contributed by atoms with E-state index in [0.29, 0.717) is 0 Å². The highest BCUT2D eigenvalue weighted by molar-refractivity contribution is 5.69. The number of nitrogens with zero attached hydrogens (tertiary/aromatic N) is 2. The van der Waals surface area contributed by atoms with Crippen LogP contribution >= 0.6 is 0 Å². The second-order valence-electron chi connectivity index (χ2n) is 5.21. The molecule has 0 aromatic heterocycles. The van der Waals surface area contributed by atoms with Crippen molar-refractivity contribution in [1.82, 2.24) is 9.80 Å². The average molecular weight is 228 g/mol. The Kier molecular flexibility index (Phi) is 5.22. The van der Waals surface area contributed by atoms with Gasteiger partial charge in [-0.3, -0.25) is 4.79 Å². The Morgan fingerprint density at radius 1 is 1.62 bits per heavy atom. The van der Waals surface area contributed by atoms with Gasteiger partial charge in [0.1, 0.15) is 0 Å². The highest BCUT2D eigenvalue weighted by Crippen LogP contribution is 2.15. The predicted molar refractivity (Wildman–Crippen MR) is 64.5 cm³/mol. The van der Waals surface area contributed by atoms with Gasteiger partial charge in [-0.25, -0.2) is 0 Å². The monoisotopic (exact) mass is 228 g/mol. The van der Waals surface area contributed by atoms with Crippen molar-refractivity contribution in [2.24, 2.45) is 11.8 Å². The van der Waals surface area contributed by atoms with Gasteiger partial charge in [0.25, 0.3) is 0 Å². The van der Waals surface area contributed by atoms with E-state index in [0.717, 1.165) is 25.4 Å². The number of carboxylic acid groups (broad SMARTS) is 1. The molecule has 94 valence electrons. The summed E-state index contributed by atoms with van der Waals surface area (Å²) in [5, 5.41) is 8.79. The van der Waals surface area contributed by atoms with Crippen molar-refractivity contribution in [2.75, 3.05) is 40.3 Å². The summed E-state index contributed by atoms with van der Waals surface area (Å²) in [4.78, 5) is 15.3. The van der Waals surface area contributed by atoms with Gasteiger partial charge in [-0.1, -0.05) is 6.92 Å². The number of likely N-dealkylation sites (tertiary alicyclic amines) is 1. The van der Waals surface area contributed by atoms with Gasteiger partial charge in [-0.05, 0) is 45.9 Å². The van der Waals surface area contributed by atoms with Crippen molar-refractivity contribution in [1.29, 1.82) is 0 Å². The van der Waals surface area contributed by atoms with Crippen LogP contribution in [0.1, 0.15) is 19.8 Å². The molecule has 1 aliphatic rings. The maximum atomic E-state index is 10.7. The number of carboxylic acids is 1. The molecule has 2 unspecified atom stereocenters. The van der Waals surface area contributed by atoms with Crippen LogP contribution in [0.5, 0.6) is 0 Å². The molecule has 0 amide bonds. The first-order valence-corrected chi connectivity index (χ1v) is 6.09. The number of aliphatic carboxylic acids is 1. The van der Waals surface area contributed by atoms with Crippen LogP contribution in [-0.4, -0.2) is 61.2 Å². The largest absolute Gasteiger partial charge is 0.481 e. The first kappa shape index (κ1) is 13.5. The summed E-state index contributed by atoms with van der Waals surface area (Å²) in [5.41, 5.74) is 0. The van der Waals surface area contributed by atoms with Gasteiger partial charge in [0.15, 0.2) is 0 Å². The minimum absolute atomic E-state index is 0.228. The van der Waals surface area contributed by atoms with E-state index in [2.05, 4.69) is 23.9 Å². The molecule has 0 bridgehead atoms. The fraction of sp³-hybridized carbons (Fsp3) is 0.917. The zero-order valence-corrected chi connectivity index (χ0v) is 10.6. The van der Waals surface area contributed by atoms with Gasteiger partial charge in [0, 0.05) is 13.1 Å². The van der Waals surface area contributed by atoms with Crippen molar-refractivity contribution >= 4 is 5.97 Å². The van der Waals surface area contributed by atoms with Crippen molar-refractivity contribution < 1.29 is 9.90 Å². The third-order valence-electron chi connectivity index (χ3n) is 3.42. The van der Waals surface area contributed by atoms with Crippen LogP contribution < -0.4 is 0 Å². The topological polar surface area (TPSA) is 43.8 Å². The molecule has 4 heteroatoms. The summed E-state index contributed by atoms with van der Waals surface area (Å²) in [6.07, 6.45) is 2.02. The molecule has 4 nitrogen and oxygen atoms in total. The van der Waals surface area contributed by atoms with Crippen molar-refractivity contribution in [2.45, 2.75) is 19.8 Å². The fourth-order valence-electron chi connectivity index (χ4n) is 2.24. The van der Waals surface area contributed by atoms with Gasteiger partial charge >= 0.3 is 5.97 Å². The summed E-state index contributed by atoms with van der Waals surface area (Å²) >= 11 is 0. The molecule has 0 aliphatic carbocycles. The summed E-state index contributed by atoms with van der Waals surface area (Å²) in [6.45, 7) is 6.13. The third-order valence-corrected chi connectivity index (χ3v) is 3.42. The third kappa shape index (κ3) is 4.49. The van der Waals surface area contributed by atoms with E-state index < -0.39 is 5.97 Å². The quantitative estimate of drug-likeness (QED) is 0.736. The molecular weight excluding hydrogens is 204 g/mol. The van der Waals surface area contributed by atoms with Crippen LogP contribution in [0, 0.1) is 11.8 Å². The van der Waals surface area contributed by atoms with Gasteiger partial charge < -0.3 is 14.9 Å². The van der Waals surface area contributed by atoms with E-state index in [1.54, 1.807) is 6.92 Å². The van der Waals surface area contributed by atoms with Crippen LogP contribution in [0.4, 0.5) is 0 Å². The highest BCUT2D eigenvalue weighted by Gasteiger charge is 2.21. The summed E-state index contributed by atoms with van der Waals surface area (Å²) in [7, 11) is 4.25. The van der Waals surface area contributed by atoms with Crippen LogP contribution in [-0.2, 0) is 4.79 Å². The lowest BCUT2D eigenvalue weighted by Crippen LogP contribution is -2.29. The summed E-state index contributed by atoms with van der Waals surface area (Å²) < 4.78 is 0. The minimum Gasteiger partial charge on any atom is -0.481 e. The van der Waals surface area contributed by atoms with Crippen molar-refractivity contribution in [3.63, 3.8) is 0 Å². The normalized spacial score (nSPS) is 23.9. The number of hydrogen-bond donors (Lipinski definition) is 1. The smallest absolute Gasteiger partial charge is 0.306 e. The molecular formula is C12H24N2O2. The van der Waals surface area contributed by atoms with Crippen molar-refractivity contribution in [3.8, 4) is 0 Å². The number of rotatable bonds is 6. The SMILES string of the molecule is CC(CCN(C)CC1CCN(C)C1)C(=O)O. The Morgan fingerprint density at radius 3 is 2.81 bits per heavy atom. The second-order valence-corrected chi connectivity index (χ2v) is 5.21. The Balaban J connectivity index is 2.15. The highest BCUT2D eigenvalue weighted by atomic mass is 16.4. The maximum absolute atomic E-state index is 10.7. The first-order chi connectivity index (χ1) is 7.49.